The maximum Gasteiger partial charge on any atom is 0.297 e. The second kappa shape index (κ2) is 4.46. The van der Waals surface area contributed by atoms with Gasteiger partial charge in [0.1, 0.15) is 6.26 Å². The number of oxazole rings is 1. The van der Waals surface area contributed by atoms with E-state index in [-0.39, 0.29) is 0 Å². The van der Waals surface area contributed by atoms with E-state index in [1.165, 1.54) is 25.7 Å². The van der Waals surface area contributed by atoms with Crippen LogP contribution in [0.2, 0.25) is 0 Å². The van der Waals surface area contributed by atoms with Crippen LogP contribution in [-0.4, -0.2) is 18.1 Å². The van der Waals surface area contributed by atoms with Crippen LogP contribution in [0.3, 0.4) is 0 Å². The van der Waals surface area contributed by atoms with E-state index in [2.05, 4.69) is 9.88 Å². The van der Waals surface area contributed by atoms with Gasteiger partial charge in [-0.2, -0.15) is 4.98 Å². The molecule has 14 heavy (non-hydrogen) atoms. The van der Waals surface area contributed by atoms with Crippen molar-refractivity contribution in [3.63, 3.8) is 0 Å². The monoisotopic (exact) mass is 195 g/mol. The number of rotatable bonds is 2. The zero-order valence-electron chi connectivity index (χ0n) is 8.41. The van der Waals surface area contributed by atoms with Gasteiger partial charge < -0.3 is 15.1 Å². The van der Waals surface area contributed by atoms with Crippen molar-refractivity contribution >= 4 is 6.01 Å². The SMILES string of the molecule is NCc1coc(N2CCCCCC2)n1. The van der Waals surface area contributed by atoms with E-state index in [0.717, 1.165) is 24.8 Å². The Kier molecular flexibility index (Phi) is 3.03. The van der Waals surface area contributed by atoms with Crippen molar-refractivity contribution in [1.29, 1.82) is 0 Å². The number of hydrogen-bond acceptors (Lipinski definition) is 4. The standard InChI is InChI=1S/C10H17N3O/c11-7-9-8-14-10(12-9)13-5-3-1-2-4-6-13/h8H,1-7,11H2. The average molecular weight is 195 g/mol. The first-order chi connectivity index (χ1) is 6.90. The van der Waals surface area contributed by atoms with Crippen molar-refractivity contribution in [2.45, 2.75) is 32.2 Å². The van der Waals surface area contributed by atoms with Gasteiger partial charge >= 0.3 is 0 Å². The summed E-state index contributed by atoms with van der Waals surface area (Å²) in [5.74, 6) is 0. The molecule has 1 aliphatic heterocycles. The lowest BCUT2D eigenvalue weighted by atomic mass is 10.2. The molecule has 1 aromatic heterocycles. The Labute approximate surface area is 84.1 Å². The molecule has 0 unspecified atom stereocenters. The number of hydrogen-bond donors (Lipinski definition) is 1. The van der Waals surface area contributed by atoms with Gasteiger partial charge in [-0.25, -0.2) is 0 Å². The molecule has 2 N–H and O–H groups in total. The molecule has 0 saturated carbocycles. The summed E-state index contributed by atoms with van der Waals surface area (Å²) < 4.78 is 5.39. The minimum atomic E-state index is 0.456. The summed E-state index contributed by atoms with van der Waals surface area (Å²) in [7, 11) is 0. The van der Waals surface area contributed by atoms with Crippen molar-refractivity contribution in [1.82, 2.24) is 4.98 Å². The van der Waals surface area contributed by atoms with Gasteiger partial charge in [-0.05, 0) is 12.8 Å². The zero-order chi connectivity index (χ0) is 9.80. The zero-order valence-corrected chi connectivity index (χ0v) is 8.41. The first kappa shape index (κ1) is 9.52. The van der Waals surface area contributed by atoms with Crippen molar-refractivity contribution in [2.75, 3.05) is 18.0 Å². The molecular weight excluding hydrogens is 178 g/mol. The summed E-state index contributed by atoms with van der Waals surface area (Å²) in [4.78, 5) is 6.54. The molecule has 4 nitrogen and oxygen atoms in total. The molecule has 0 radical (unpaired) electrons. The quantitative estimate of drug-likeness (QED) is 0.777. The molecule has 0 spiro atoms. The normalized spacial score (nSPS) is 18.2. The molecule has 2 rings (SSSR count). The van der Waals surface area contributed by atoms with Crippen LogP contribution in [0.15, 0.2) is 10.7 Å². The van der Waals surface area contributed by atoms with Crippen LogP contribution in [-0.2, 0) is 6.54 Å². The molecule has 0 atom stereocenters. The molecule has 1 aliphatic rings. The largest absolute Gasteiger partial charge is 0.432 e. The van der Waals surface area contributed by atoms with Crippen LogP contribution in [0.5, 0.6) is 0 Å². The van der Waals surface area contributed by atoms with Gasteiger partial charge in [0.25, 0.3) is 6.01 Å². The molecule has 4 heteroatoms. The molecule has 2 heterocycles. The fourth-order valence-corrected chi connectivity index (χ4v) is 1.80. The minimum absolute atomic E-state index is 0.456. The van der Waals surface area contributed by atoms with Crippen LogP contribution < -0.4 is 10.6 Å². The molecule has 1 saturated heterocycles. The summed E-state index contributed by atoms with van der Waals surface area (Å²) in [6, 6.07) is 0.743. The fourth-order valence-electron chi connectivity index (χ4n) is 1.80. The Morgan fingerprint density at radius 2 is 2.00 bits per heavy atom. The second-order valence-corrected chi connectivity index (χ2v) is 3.73. The summed E-state index contributed by atoms with van der Waals surface area (Å²) in [6.07, 6.45) is 6.77. The maximum absolute atomic E-state index is 5.48. The van der Waals surface area contributed by atoms with Gasteiger partial charge in [0.15, 0.2) is 0 Å². The summed E-state index contributed by atoms with van der Waals surface area (Å²) in [5.41, 5.74) is 6.32. The van der Waals surface area contributed by atoms with Crippen molar-refractivity contribution in [3.05, 3.63) is 12.0 Å². The molecule has 0 aromatic carbocycles. The Morgan fingerprint density at radius 3 is 2.57 bits per heavy atom. The maximum atomic E-state index is 5.48. The molecule has 0 bridgehead atoms. The van der Waals surface area contributed by atoms with Crippen LogP contribution in [0.25, 0.3) is 0 Å². The highest BCUT2D eigenvalue weighted by molar-refractivity contribution is 5.26. The molecule has 78 valence electrons. The molecule has 1 aromatic rings. The van der Waals surface area contributed by atoms with Crippen molar-refractivity contribution in [3.8, 4) is 0 Å². The first-order valence-corrected chi connectivity index (χ1v) is 5.29. The van der Waals surface area contributed by atoms with Gasteiger partial charge in [-0.1, -0.05) is 12.8 Å². The van der Waals surface area contributed by atoms with E-state index < -0.39 is 0 Å². The number of nitrogens with two attached hydrogens (primary N) is 1. The highest BCUT2D eigenvalue weighted by Gasteiger charge is 2.14. The van der Waals surface area contributed by atoms with E-state index >= 15 is 0 Å². The summed E-state index contributed by atoms with van der Waals surface area (Å²) in [5, 5.41) is 0. The van der Waals surface area contributed by atoms with Gasteiger partial charge in [-0.3, -0.25) is 0 Å². The van der Waals surface area contributed by atoms with Crippen LogP contribution in [0.1, 0.15) is 31.4 Å². The first-order valence-electron chi connectivity index (χ1n) is 5.29. The van der Waals surface area contributed by atoms with E-state index in [0.29, 0.717) is 6.54 Å². The van der Waals surface area contributed by atoms with Crippen LogP contribution in [0, 0.1) is 0 Å². The number of aromatic nitrogens is 1. The molecule has 0 aliphatic carbocycles. The lowest BCUT2D eigenvalue weighted by Crippen LogP contribution is -2.24. The highest BCUT2D eigenvalue weighted by Crippen LogP contribution is 2.18. The Bertz CT molecular complexity index is 277. The topological polar surface area (TPSA) is 55.3 Å². The summed E-state index contributed by atoms with van der Waals surface area (Å²) >= 11 is 0. The number of anilines is 1. The predicted octanol–water partition coefficient (Wildman–Crippen LogP) is 1.51. The van der Waals surface area contributed by atoms with Crippen LogP contribution in [0.4, 0.5) is 6.01 Å². The third kappa shape index (κ3) is 2.07. The van der Waals surface area contributed by atoms with Gasteiger partial charge in [0, 0.05) is 19.6 Å². The lowest BCUT2D eigenvalue weighted by molar-refractivity contribution is 0.533. The van der Waals surface area contributed by atoms with Gasteiger partial charge in [-0.15, -0.1) is 0 Å². The fraction of sp³-hybridized carbons (Fsp3) is 0.700. The van der Waals surface area contributed by atoms with E-state index in [9.17, 15) is 0 Å². The Balaban J connectivity index is 2.04. The van der Waals surface area contributed by atoms with Gasteiger partial charge in [0.05, 0.1) is 5.69 Å². The smallest absolute Gasteiger partial charge is 0.297 e. The average Bonchev–Trinajstić information content (AvgIpc) is 2.53. The van der Waals surface area contributed by atoms with Crippen molar-refractivity contribution in [2.24, 2.45) is 5.73 Å². The Hall–Kier alpha value is -1.03. The molecule has 0 amide bonds. The minimum Gasteiger partial charge on any atom is -0.432 e. The van der Waals surface area contributed by atoms with Crippen molar-refractivity contribution < 1.29 is 4.42 Å². The molecule has 1 fully saturated rings. The Morgan fingerprint density at radius 1 is 1.29 bits per heavy atom. The van der Waals surface area contributed by atoms with E-state index in [4.69, 9.17) is 10.2 Å². The predicted molar refractivity (Wildman–Crippen MR) is 55.1 cm³/mol. The van der Waals surface area contributed by atoms with E-state index in [1.807, 2.05) is 0 Å². The highest BCUT2D eigenvalue weighted by atomic mass is 16.4. The van der Waals surface area contributed by atoms with Crippen LogP contribution >= 0.6 is 0 Å². The lowest BCUT2D eigenvalue weighted by Gasteiger charge is -2.16. The third-order valence-corrected chi connectivity index (χ3v) is 2.63. The summed E-state index contributed by atoms with van der Waals surface area (Å²) in [6.45, 7) is 2.58. The third-order valence-electron chi connectivity index (χ3n) is 2.63. The second-order valence-electron chi connectivity index (χ2n) is 3.73. The number of nitrogens with zero attached hydrogens (tertiary/aromatic N) is 2. The van der Waals surface area contributed by atoms with E-state index in [1.54, 1.807) is 6.26 Å². The van der Waals surface area contributed by atoms with Gasteiger partial charge in [0.2, 0.25) is 0 Å². The molecular formula is C10H17N3O.